The van der Waals surface area contributed by atoms with Crippen molar-refractivity contribution in [2.24, 2.45) is 0 Å². The zero-order valence-electron chi connectivity index (χ0n) is 12.7. The molecule has 2 rings (SSSR count). The minimum Gasteiger partial charge on any atom is -0.484 e. The summed E-state index contributed by atoms with van der Waals surface area (Å²) < 4.78 is 47.3. The van der Waals surface area contributed by atoms with Crippen LogP contribution >= 0.6 is 15.9 Å². The highest BCUT2D eigenvalue weighted by Crippen LogP contribution is 2.30. The second-order valence-corrected chi connectivity index (χ2v) is 5.87. The summed E-state index contributed by atoms with van der Waals surface area (Å²) in [4.78, 5) is 12.3. The Labute approximate surface area is 145 Å². The highest BCUT2D eigenvalue weighted by atomic mass is 79.9. The molecule has 0 unspecified atom stereocenters. The van der Waals surface area contributed by atoms with E-state index in [0.717, 1.165) is 5.56 Å². The zero-order chi connectivity index (χ0) is 17.7. The second kappa shape index (κ2) is 7.70. The molecular formula is C17H14BrF3O3. The van der Waals surface area contributed by atoms with E-state index in [4.69, 9.17) is 9.47 Å². The molecule has 24 heavy (non-hydrogen) atoms. The SMILES string of the molecule is Cc1c(OCC(F)(F)F)ccc(Br)c1C(=O)OCc1ccccc1. The van der Waals surface area contributed by atoms with Gasteiger partial charge in [-0.15, -0.1) is 0 Å². The highest BCUT2D eigenvalue weighted by molar-refractivity contribution is 9.10. The van der Waals surface area contributed by atoms with E-state index < -0.39 is 18.8 Å². The van der Waals surface area contributed by atoms with Gasteiger partial charge < -0.3 is 9.47 Å². The fourth-order valence-electron chi connectivity index (χ4n) is 2.02. The van der Waals surface area contributed by atoms with Gasteiger partial charge >= 0.3 is 12.1 Å². The lowest BCUT2D eigenvalue weighted by molar-refractivity contribution is -0.153. The van der Waals surface area contributed by atoms with Crippen LogP contribution in [0.25, 0.3) is 0 Å². The van der Waals surface area contributed by atoms with E-state index in [9.17, 15) is 18.0 Å². The molecule has 0 saturated carbocycles. The molecule has 3 nitrogen and oxygen atoms in total. The van der Waals surface area contributed by atoms with E-state index in [2.05, 4.69) is 15.9 Å². The first kappa shape index (κ1) is 18.3. The number of hydrogen-bond donors (Lipinski definition) is 0. The number of carbonyl (C=O) groups excluding carboxylic acids is 1. The molecule has 0 N–H and O–H groups in total. The second-order valence-electron chi connectivity index (χ2n) is 5.01. The molecule has 0 aromatic heterocycles. The predicted molar refractivity (Wildman–Crippen MR) is 86.0 cm³/mol. The minimum atomic E-state index is -4.45. The summed E-state index contributed by atoms with van der Waals surface area (Å²) >= 11 is 3.22. The Hall–Kier alpha value is -2.02. The number of ether oxygens (including phenoxy) is 2. The average Bonchev–Trinajstić information content (AvgIpc) is 2.52. The number of alkyl halides is 3. The lowest BCUT2D eigenvalue weighted by Gasteiger charge is -2.15. The molecule has 7 heteroatoms. The first-order valence-corrected chi connectivity index (χ1v) is 7.77. The Morgan fingerprint density at radius 3 is 2.42 bits per heavy atom. The van der Waals surface area contributed by atoms with E-state index in [1.54, 1.807) is 12.1 Å². The van der Waals surface area contributed by atoms with Crippen LogP contribution in [0.3, 0.4) is 0 Å². The molecule has 2 aromatic carbocycles. The van der Waals surface area contributed by atoms with Crippen LogP contribution in [0.4, 0.5) is 13.2 Å². The standard InChI is InChI=1S/C17H14BrF3O3/c1-11-14(24-10-17(19,20)21)8-7-13(18)15(11)16(22)23-9-12-5-3-2-4-6-12/h2-8H,9-10H2,1H3. The van der Waals surface area contributed by atoms with Crippen LogP contribution in [-0.4, -0.2) is 18.8 Å². The number of esters is 1. The average molecular weight is 403 g/mol. The topological polar surface area (TPSA) is 35.5 Å². The number of benzene rings is 2. The Morgan fingerprint density at radius 1 is 1.12 bits per heavy atom. The highest BCUT2D eigenvalue weighted by Gasteiger charge is 2.29. The van der Waals surface area contributed by atoms with Gasteiger partial charge in [0, 0.05) is 10.0 Å². The van der Waals surface area contributed by atoms with Crippen LogP contribution < -0.4 is 4.74 Å². The molecule has 0 spiro atoms. The van der Waals surface area contributed by atoms with Crippen molar-refractivity contribution in [3.05, 3.63) is 63.6 Å². The molecule has 0 heterocycles. The van der Waals surface area contributed by atoms with Crippen molar-refractivity contribution in [1.29, 1.82) is 0 Å². The maximum Gasteiger partial charge on any atom is 0.422 e. The van der Waals surface area contributed by atoms with Crippen molar-refractivity contribution in [3.63, 3.8) is 0 Å². The molecule has 128 valence electrons. The normalized spacial score (nSPS) is 11.2. The van der Waals surface area contributed by atoms with Gasteiger partial charge in [-0.1, -0.05) is 30.3 Å². The van der Waals surface area contributed by atoms with Crippen molar-refractivity contribution in [1.82, 2.24) is 0 Å². The number of hydrogen-bond acceptors (Lipinski definition) is 3. The van der Waals surface area contributed by atoms with Gasteiger partial charge in [0.2, 0.25) is 0 Å². The van der Waals surface area contributed by atoms with Crippen LogP contribution in [0, 0.1) is 6.92 Å². The van der Waals surface area contributed by atoms with Crippen molar-refractivity contribution in [2.75, 3.05) is 6.61 Å². The summed E-state index contributed by atoms with van der Waals surface area (Å²) in [6, 6.07) is 11.9. The minimum absolute atomic E-state index is 0.0119. The van der Waals surface area contributed by atoms with E-state index in [1.165, 1.54) is 19.1 Å². The first-order valence-electron chi connectivity index (χ1n) is 6.97. The summed E-state index contributed by atoms with van der Waals surface area (Å²) in [5.41, 5.74) is 1.24. The van der Waals surface area contributed by atoms with E-state index >= 15 is 0 Å². The Kier molecular flexibility index (Phi) is 5.88. The van der Waals surface area contributed by atoms with Crippen LogP contribution in [0.1, 0.15) is 21.5 Å². The van der Waals surface area contributed by atoms with Gasteiger partial charge in [-0.25, -0.2) is 4.79 Å². The quantitative estimate of drug-likeness (QED) is 0.656. The molecule has 2 aromatic rings. The van der Waals surface area contributed by atoms with Crippen molar-refractivity contribution >= 4 is 21.9 Å². The summed E-state index contributed by atoms with van der Waals surface area (Å²) in [6.45, 7) is 0.155. The van der Waals surface area contributed by atoms with Gasteiger partial charge in [-0.2, -0.15) is 13.2 Å². The van der Waals surface area contributed by atoms with Crippen LogP contribution in [-0.2, 0) is 11.3 Å². The number of rotatable bonds is 5. The predicted octanol–water partition coefficient (Wildman–Crippen LogP) is 5.06. The van der Waals surface area contributed by atoms with Gasteiger partial charge in [0.25, 0.3) is 0 Å². The Balaban J connectivity index is 2.14. The van der Waals surface area contributed by atoms with Gasteiger partial charge in [-0.05, 0) is 40.5 Å². The number of carbonyl (C=O) groups is 1. The van der Waals surface area contributed by atoms with Crippen molar-refractivity contribution < 1.29 is 27.4 Å². The van der Waals surface area contributed by atoms with Crippen LogP contribution in [0.5, 0.6) is 5.75 Å². The molecule has 0 fully saturated rings. The monoisotopic (exact) mass is 402 g/mol. The van der Waals surface area contributed by atoms with E-state index in [1.807, 2.05) is 18.2 Å². The van der Waals surface area contributed by atoms with Gasteiger partial charge in [0.05, 0.1) is 5.56 Å². The summed E-state index contributed by atoms with van der Waals surface area (Å²) in [5, 5.41) is 0. The smallest absolute Gasteiger partial charge is 0.422 e. The lowest BCUT2D eigenvalue weighted by Crippen LogP contribution is -2.20. The van der Waals surface area contributed by atoms with E-state index in [0.29, 0.717) is 4.47 Å². The molecule has 0 aliphatic carbocycles. The zero-order valence-corrected chi connectivity index (χ0v) is 14.3. The maximum absolute atomic E-state index is 12.3. The molecule has 0 aliphatic heterocycles. The summed E-state index contributed by atoms with van der Waals surface area (Å²) in [5.74, 6) is -0.650. The molecule has 0 bridgehead atoms. The van der Waals surface area contributed by atoms with Crippen LogP contribution in [0.2, 0.25) is 0 Å². The third kappa shape index (κ3) is 4.99. The fraction of sp³-hybridized carbons (Fsp3) is 0.235. The lowest BCUT2D eigenvalue weighted by atomic mass is 10.1. The molecule has 0 radical (unpaired) electrons. The van der Waals surface area contributed by atoms with Gasteiger partial charge in [0.1, 0.15) is 12.4 Å². The summed E-state index contributed by atoms with van der Waals surface area (Å²) in [7, 11) is 0. The Morgan fingerprint density at radius 2 is 1.79 bits per heavy atom. The molecule has 0 amide bonds. The van der Waals surface area contributed by atoms with Crippen molar-refractivity contribution in [3.8, 4) is 5.75 Å². The van der Waals surface area contributed by atoms with Crippen LogP contribution in [0.15, 0.2) is 46.9 Å². The first-order chi connectivity index (χ1) is 11.3. The number of halogens is 4. The third-order valence-corrected chi connectivity index (χ3v) is 3.83. The largest absolute Gasteiger partial charge is 0.484 e. The van der Waals surface area contributed by atoms with Crippen molar-refractivity contribution in [2.45, 2.75) is 19.7 Å². The fourth-order valence-corrected chi connectivity index (χ4v) is 2.61. The van der Waals surface area contributed by atoms with Gasteiger partial charge in [-0.3, -0.25) is 0 Å². The molecule has 0 atom stereocenters. The molecule has 0 aliphatic rings. The third-order valence-electron chi connectivity index (χ3n) is 3.17. The Bertz CT molecular complexity index is 715. The molecule has 0 saturated heterocycles. The molecular weight excluding hydrogens is 389 g/mol. The van der Waals surface area contributed by atoms with E-state index in [-0.39, 0.29) is 23.5 Å². The van der Waals surface area contributed by atoms with Gasteiger partial charge in [0.15, 0.2) is 6.61 Å². The maximum atomic E-state index is 12.3. The summed E-state index contributed by atoms with van der Waals surface area (Å²) in [6.07, 6.45) is -4.45.